The first-order chi connectivity index (χ1) is 6.56. The Morgan fingerprint density at radius 3 is 2.29 bits per heavy atom. The van der Waals surface area contributed by atoms with Crippen LogP contribution in [0.4, 0.5) is 0 Å². The fourth-order valence-corrected chi connectivity index (χ4v) is 2.48. The van der Waals surface area contributed by atoms with E-state index in [1.807, 2.05) is 0 Å². The minimum atomic E-state index is -0.486. The molecule has 5 unspecified atom stereocenters. The Morgan fingerprint density at radius 2 is 1.79 bits per heavy atom. The highest BCUT2D eigenvalue weighted by Gasteiger charge is 2.31. The van der Waals surface area contributed by atoms with Crippen LogP contribution < -0.4 is 0 Å². The van der Waals surface area contributed by atoms with E-state index in [9.17, 15) is 10.2 Å². The third-order valence-electron chi connectivity index (χ3n) is 4.11. The van der Waals surface area contributed by atoms with Gasteiger partial charge in [0.15, 0.2) is 0 Å². The van der Waals surface area contributed by atoms with Crippen molar-refractivity contribution >= 4 is 0 Å². The molecule has 1 aliphatic carbocycles. The van der Waals surface area contributed by atoms with Crippen LogP contribution in [0.1, 0.15) is 46.5 Å². The van der Waals surface area contributed by atoms with Crippen molar-refractivity contribution in [2.45, 2.75) is 58.7 Å². The summed E-state index contributed by atoms with van der Waals surface area (Å²) in [6, 6.07) is 0. The third kappa shape index (κ3) is 2.71. The summed E-state index contributed by atoms with van der Waals surface area (Å²) in [6.45, 7) is 6.78. The van der Waals surface area contributed by atoms with E-state index in [0.717, 1.165) is 25.2 Å². The summed E-state index contributed by atoms with van der Waals surface area (Å²) in [6.07, 6.45) is 2.87. The molecule has 0 heterocycles. The number of aliphatic hydroxyl groups is 2. The van der Waals surface area contributed by atoms with Gasteiger partial charge in [-0.2, -0.15) is 0 Å². The molecule has 0 aromatic heterocycles. The van der Waals surface area contributed by atoms with Crippen LogP contribution in [0.3, 0.4) is 0 Å². The predicted molar refractivity (Wildman–Crippen MR) is 58.0 cm³/mol. The van der Waals surface area contributed by atoms with Crippen LogP contribution in [-0.2, 0) is 0 Å². The first kappa shape index (κ1) is 12.0. The van der Waals surface area contributed by atoms with Crippen LogP contribution in [0, 0.1) is 17.8 Å². The van der Waals surface area contributed by atoms with Crippen molar-refractivity contribution in [1.29, 1.82) is 0 Å². The molecule has 0 saturated heterocycles. The van der Waals surface area contributed by atoms with Crippen molar-refractivity contribution in [1.82, 2.24) is 0 Å². The van der Waals surface area contributed by atoms with Crippen LogP contribution in [-0.4, -0.2) is 22.4 Å². The van der Waals surface area contributed by atoms with E-state index >= 15 is 0 Å². The van der Waals surface area contributed by atoms with Gasteiger partial charge in [0.25, 0.3) is 0 Å². The molecule has 2 N–H and O–H groups in total. The van der Waals surface area contributed by atoms with Crippen molar-refractivity contribution in [3.8, 4) is 0 Å². The maximum atomic E-state index is 9.60. The molecular formula is C12H24O2. The highest BCUT2D eigenvalue weighted by Crippen LogP contribution is 2.34. The Balaban J connectivity index is 2.45. The standard InChI is InChI=1S/C12H24O2/c1-4-8(2)9(3)10-5-6-11(13)12(14)7-10/h8-14H,4-7H2,1-3H3. The van der Waals surface area contributed by atoms with E-state index in [-0.39, 0.29) is 0 Å². The zero-order chi connectivity index (χ0) is 10.7. The van der Waals surface area contributed by atoms with E-state index in [1.165, 1.54) is 6.42 Å². The Hall–Kier alpha value is -0.0800. The van der Waals surface area contributed by atoms with Crippen molar-refractivity contribution in [3.05, 3.63) is 0 Å². The molecule has 14 heavy (non-hydrogen) atoms. The summed E-state index contributed by atoms with van der Waals surface area (Å²) in [4.78, 5) is 0. The van der Waals surface area contributed by atoms with E-state index in [4.69, 9.17) is 0 Å². The molecule has 5 atom stereocenters. The maximum absolute atomic E-state index is 9.60. The van der Waals surface area contributed by atoms with Crippen molar-refractivity contribution in [2.24, 2.45) is 17.8 Å². The van der Waals surface area contributed by atoms with Gasteiger partial charge in [-0.3, -0.25) is 0 Å². The molecule has 0 radical (unpaired) electrons. The second-order valence-corrected chi connectivity index (χ2v) is 4.95. The molecule has 1 fully saturated rings. The molecule has 0 bridgehead atoms. The van der Waals surface area contributed by atoms with Gasteiger partial charge >= 0.3 is 0 Å². The predicted octanol–water partition coefficient (Wildman–Crippen LogP) is 2.19. The lowest BCUT2D eigenvalue weighted by Gasteiger charge is -2.36. The number of rotatable bonds is 3. The Bertz CT molecular complexity index is 170. The van der Waals surface area contributed by atoms with Crippen LogP contribution in [0.5, 0.6) is 0 Å². The van der Waals surface area contributed by atoms with Gasteiger partial charge in [0.05, 0.1) is 12.2 Å². The van der Waals surface area contributed by atoms with Crippen molar-refractivity contribution in [3.63, 3.8) is 0 Å². The van der Waals surface area contributed by atoms with Gasteiger partial charge < -0.3 is 10.2 Å². The maximum Gasteiger partial charge on any atom is 0.0801 e. The highest BCUT2D eigenvalue weighted by molar-refractivity contribution is 4.83. The SMILES string of the molecule is CCC(C)C(C)C1CCC(O)C(O)C1. The van der Waals surface area contributed by atoms with E-state index in [2.05, 4.69) is 20.8 Å². The van der Waals surface area contributed by atoms with Crippen LogP contribution >= 0.6 is 0 Å². The topological polar surface area (TPSA) is 40.5 Å². The molecular weight excluding hydrogens is 176 g/mol. The molecule has 2 nitrogen and oxygen atoms in total. The monoisotopic (exact) mass is 200 g/mol. The first-order valence-electron chi connectivity index (χ1n) is 5.92. The van der Waals surface area contributed by atoms with Gasteiger partial charge in [0.2, 0.25) is 0 Å². The van der Waals surface area contributed by atoms with Gasteiger partial charge in [-0.25, -0.2) is 0 Å². The molecule has 0 aromatic rings. The normalized spacial score (nSPS) is 37.9. The fraction of sp³-hybridized carbons (Fsp3) is 1.00. The van der Waals surface area contributed by atoms with E-state index < -0.39 is 12.2 Å². The third-order valence-corrected chi connectivity index (χ3v) is 4.11. The minimum absolute atomic E-state index is 0.476. The lowest BCUT2D eigenvalue weighted by Crippen LogP contribution is -2.36. The van der Waals surface area contributed by atoms with Crippen LogP contribution in [0.15, 0.2) is 0 Å². The highest BCUT2D eigenvalue weighted by atomic mass is 16.3. The zero-order valence-electron chi connectivity index (χ0n) is 9.61. The van der Waals surface area contributed by atoms with Gasteiger partial charge in [0, 0.05) is 0 Å². The summed E-state index contributed by atoms with van der Waals surface area (Å²) >= 11 is 0. The number of hydrogen-bond donors (Lipinski definition) is 2. The van der Waals surface area contributed by atoms with E-state index in [0.29, 0.717) is 11.8 Å². The summed E-state index contributed by atoms with van der Waals surface area (Å²) < 4.78 is 0. The van der Waals surface area contributed by atoms with Crippen LogP contribution in [0.2, 0.25) is 0 Å². The Morgan fingerprint density at radius 1 is 1.14 bits per heavy atom. The van der Waals surface area contributed by atoms with Gasteiger partial charge in [-0.15, -0.1) is 0 Å². The molecule has 1 saturated carbocycles. The zero-order valence-corrected chi connectivity index (χ0v) is 9.61. The average Bonchev–Trinajstić information content (AvgIpc) is 2.20. The van der Waals surface area contributed by atoms with Gasteiger partial charge in [0.1, 0.15) is 0 Å². The summed E-state index contributed by atoms with van der Waals surface area (Å²) in [7, 11) is 0. The lowest BCUT2D eigenvalue weighted by atomic mass is 9.73. The van der Waals surface area contributed by atoms with E-state index in [1.54, 1.807) is 0 Å². The van der Waals surface area contributed by atoms with Crippen molar-refractivity contribution in [2.75, 3.05) is 0 Å². The largest absolute Gasteiger partial charge is 0.390 e. The molecule has 0 amide bonds. The smallest absolute Gasteiger partial charge is 0.0801 e. The fourth-order valence-electron chi connectivity index (χ4n) is 2.48. The summed E-state index contributed by atoms with van der Waals surface area (Å²) in [5.74, 6) is 1.99. The number of hydrogen-bond acceptors (Lipinski definition) is 2. The number of aliphatic hydroxyl groups excluding tert-OH is 2. The van der Waals surface area contributed by atoms with Crippen molar-refractivity contribution < 1.29 is 10.2 Å². The first-order valence-corrected chi connectivity index (χ1v) is 5.92. The van der Waals surface area contributed by atoms with Gasteiger partial charge in [-0.1, -0.05) is 27.2 Å². The Kier molecular flexibility index (Phi) is 4.39. The molecule has 1 rings (SSSR count). The summed E-state index contributed by atoms with van der Waals surface area (Å²) in [5.41, 5.74) is 0. The average molecular weight is 200 g/mol. The molecule has 0 aliphatic heterocycles. The summed E-state index contributed by atoms with van der Waals surface area (Å²) in [5, 5.41) is 19.0. The molecule has 1 aliphatic rings. The Labute approximate surface area is 87.3 Å². The molecule has 84 valence electrons. The van der Waals surface area contributed by atoms with Crippen LogP contribution in [0.25, 0.3) is 0 Å². The second kappa shape index (κ2) is 5.13. The molecule has 0 spiro atoms. The minimum Gasteiger partial charge on any atom is -0.390 e. The molecule has 0 aromatic carbocycles. The second-order valence-electron chi connectivity index (χ2n) is 4.95. The van der Waals surface area contributed by atoms with Gasteiger partial charge in [-0.05, 0) is 37.0 Å². The lowest BCUT2D eigenvalue weighted by molar-refractivity contribution is -0.0375. The molecule has 2 heteroatoms. The quantitative estimate of drug-likeness (QED) is 0.733.